The Morgan fingerprint density at radius 3 is 2.80 bits per heavy atom. The molecule has 2 fully saturated rings. The summed E-state index contributed by atoms with van der Waals surface area (Å²) in [4.78, 5) is 13.6. The summed E-state index contributed by atoms with van der Waals surface area (Å²) in [6, 6.07) is 2.08. The Balaban J connectivity index is 1.64. The van der Waals surface area contributed by atoms with Crippen molar-refractivity contribution in [1.29, 1.82) is 0 Å². The monoisotopic (exact) mass is 313 g/mol. The van der Waals surface area contributed by atoms with Crippen LogP contribution >= 0.6 is 11.3 Å². The molecule has 2 aliphatic rings. The maximum absolute atomic E-state index is 12.3. The molecule has 0 bridgehead atoms. The number of hydrogen-bond acceptors (Lipinski definition) is 4. The molecule has 1 aromatic heterocycles. The van der Waals surface area contributed by atoms with E-state index in [4.69, 9.17) is 0 Å². The van der Waals surface area contributed by atoms with Crippen LogP contribution in [-0.2, 0) is 14.6 Å². The molecule has 1 amide bonds. The Hall–Kier alpha value is -0.880. The zero-order valence-corrected chi connectivity index (χ0v) is 13.3. The zero-order valence-electron chi connectivity index (χ0n) is 11.7. The fourth-order valence-electron chi connectivity index (χ4n) is 3.04. The number of thiophene rings is 1. The Kier molecular flexibility index (Phi) is 3.21. The summed E-state index contributed by atoms with van der Waals surface area (Å²) in [7, 11) is -2.98. The Morgan fingerprint density at radius 1 is 1.50 bits per heavy atom. The highest BCUT2D eigenvalue weighted by molar-refractivity contribution is 7.91. The van der Waals surface area contributed by atoms with Crippen LogP contribution in [0.4, 0.5) is 0 Å². The number of sulfone groups is 1. The van der Waals surface area contributed by atoms with Gasteiger partial charge < -0.3 is 5.32 Å². The van der Waals surface area contributed by atoms with Gasteiger partial charge in [-0.1, -0.05) is 0 Å². The second kappa shape index (κ2) is 4.56. The van der Waals surface area contributed by atoms with Gasteiger partial charge in [-0.15, -0.1) is 11.3 Å². The average Bonchev–Trinajstić information content (AvgIpc) is 2.94. The molecule has 3 rings (SSSR count). The molecule has 1 aromatic rings. The van der Waals surface area contributed by atoms with Crippen LogP contribution in [0.25, 0.3) is 0 Å². The summed E-state index contributed by atoms with van der Waals surface area (Å²) in [5.41, 5.74) is 0.679. The van der Waals surface area contributed by atoms with Crippen molar-refractivity contribution in [3.05, 3.63) is 21.9 Å². The van der Waals surface area contributed by atoms with E-state index in [-0.39, 0.29) is 23.3 Å². The number of carbonyl (C=O) groups is 1. The lowest BCUT2D eigenvalue weighted by atomic mass is 10.0. The molecule has 1 aliphatic carbocycles. The number of aryl methyl sites for hydroxylation is 1. The molecule has 20 heavy (non-hydrogen) atoms. The quantitative estimate of drug-likeness (QED) is 0.926. The molecule has 110 valence electrons. The number of rotatable bonds is 3. The van der Waals surface area contributed by atoms with E-state index in [2.05, 4.69) is 23.7 Å². The van der Waals surface area contributed by atoms with Gasteiger partial charge in [-0.2, -0.15) is 0 Å². The van der Waals surface area contributed by atoms with Crippen molar-refractivity contribution in [1.82, 2.24) is 5.32 Å². The van der Waals surface area contributed by atoms with Crippen molar-refractivity contribution in [2.45, 2.75) is 38.1 Å². The molecule has 6 heteroatoms. The number of carbonyl (C=O) groups excluding carboxylic acids is 1. The van der Waals surface area contributed by atoms with Gasteiger partial charge in [-0.25, -0.2) is 8.42 Å². The number of amides is 1. The molecule has 1 aliphatic heterocycles. The largest absolute Gasteiger partial charge is 0.350 e. The van der Waals surface area contributed by atoms with Crippen LogP contribution in [0.5, 0.6) is 0 Å². The van der Waals surface area contributed by atoms with Crippen LogP contribution < -0.4 is 5.32 Å². The van der Waals surface area contributed by atoms with Crippen molar-refractivity contribution in [3.8, 4) is 0 Å². The number of hydrogen-bond donors (Lipinski definition) is 1. The maximum atomic E-state index is 12.3. The fraction of sp³-hybridized carbons (Fsp3) is 0.643. The third-order valence-corrected chi connectivity index (χ3v) is 7.35. The molecule has 0 spiro atoms. The fourth-order valence-corrected chi connectivity index (χ4v) is 6.24. The second-order valence-corrected chi connectivity index (χ2v) is 9.44. The lowest BCUT2D eigenvalue weighted by Gasteiger charge is -2.24. The average molecular weight is 313 g/mol. The van der Waals surface area contributed by atoms with Gasteiger partial charge in [0, 0.05) is 16.7 Å². The van der Waals surface area contributed by atoms with E-state index in [1.54, 1.807) is 11.3 Å². The lowest BCUT2D eigenvalue weighted by Crippen LogP contribution is -2.47. The first-order valence-electron chi connectivity index (χ1n) is 6.86. The first-order valence-corrected chi connectivity index (χ1v) is 9.56. The van der Waals surface area contributed by atoms with E-state index in [0.29, 0.717) is 12.3 Å². The Bertz CT molecular complexity index is 649. The minimum absolute atomic E-state index is 0.0161. The first kappa shape index (κ1) is 14.1. The van der Waals surface area contributed by atoms with E-state index < -0.39 is 15.4 Å². The normalized spacial score (nSPS) is 34.9. The summed E-state index contributed by atoms with van der Waals surface area (Å²) in [5, 5.41) is 5.03. The number of nitrogens with one attached hydrogen (secondary N) is 1. The molecular formula is C14H19NO3S2. The second-order valence-electron chi connectivity index (χ2n) is 6.31. The standard InChI is InChI=1S/C14H19NO3S2/c1-9-3-5-19-12(9)10-7-11(10)13(16)15-14(2)4-6-20(17,18)8-14/h3,5,10-11H,4,6-8H2,1-2H3,(H,15,16). The molecule has 2 heterocycles. The molecule has 1 saturated carbocycles. The van der Waals surface area contributed by atoms with Crippen LogP contribution in [0.3, 0.4) is 0 Å². The van der Waals surface area contributed by atoms with E-state index in [1.165, 1.54) is 10.4 Å². The van der Waals surface area contributed by atoms with E-state index in [1.807, 2.05) is 6.92 Å². The van der Waals surface area contributed by atoms with Gasteiger partial charge in [0.2, 0.25) is 5.91 Å². The SMILES string of the molecule is Cc1ccsc1C1CC1C(=O)NC1(C)CCS(=O)(=O)C1. The van der Waals surface area contributed by atoms with E-state index in [9.17, 15) is 13.2 Å². The Morgan fingerprint density at radius 2 is 2.25 bits per heavy atom. The van der Waals surface area contributed by atoms with Crippen molar-refractivity contribution in [2.24, 2.45) is 5.92 Å². The van der Waals surface area contributed by atoms with Gasteiger partial charge in [0.1, 0.15) is 0 Å². The van der Waals surface area contributed by atoms with Gasteiger partial charge in [0.15, 0.2) is 9.84 Å². The van der Waals surface area contributed by atoms with Gasteiger partial charge >= 0.3 is 0 Å². The zero-order chi connectivity index (χ0) is 14.5. The maximum Gasteiger partial charge on any atom is 0.224 e. The molecule has 1 N–H and O–H groups in total. The van der Waals surface area contributed by atoms with Crippen molar-refractivity contribution in [2.75, 3.05) is 11.5 Å². The summed E-state index contributed by atoms with van der Waals surface area (Å²) in [5.74, 6) is 0.620. The van der Waals surface area contributed by atoms with Gasteiger partial charge in [0.05, 0.1) is 17.0 Å². The predicted octanol–water partition coefficient (Wildman–Crippen LogP) is 1.85. The van der Waals surface area contributed by atoms with Crippen molar-refractivity contribution >= 4 is 27.1 Å². The first-order chi connectivity index (χ1) is 9.30. The van der Waals surface area contributed by atoms with Gasteiger partial charge in [-0.05, 0) is 43.7 Å². The summed E-state index contributed by atoms with van der Waals surface area (Å²) < 4.78 is 23.1. The molecule has 3 atom stereocenters. The minimum atomic E-state index is -2.98. The highest BCUT2D eigenvalue weighted by Gasteiger charge is 2.48. The highest BCUT2D eigenvalue weighted by Crippen LogP contribution is 2.50. The third kappa shape index (κ3) is 2.63. The highest BCUT2D eigenvalue weighted by atomic mass is 32.2. The summed E-state index contributed by atoms with van der Waals surface area (Å²) >= 11 is 1.71. The molecule has 0 aromatic carbocycles. The smallest absolute Gasteiger partial charge is 0.224 e. The summed E-state index contributed by atoms with van der Waals surface area (Å²) in [6.45, 7) is 3.91. The molecule has 4 nitrogen and oxygen atoms in total. The van der Waals surface area contributed by atoms with Gasteiger partial charge in [0.25, 0.3) is 0 Å². The van der Waals surface area contributed by atoms with E-state index in [0.717, 1.165) is 6.42 Å². The van der Waals surface area contributed by atoms with Crippen LogP contribution in [0.15, 0.2) is 11.4 Å². The molecule has 0 radical (unpaired) electrons. The topological polar surface area (TPSA) is 63.2 Å². The summed E-state index contributed by atoms with van der Waals surface area (Å²) in [6.07, 6.45) is 1.41. The van der Waals surface area contributed by atoms with Crippen LogP contribution in [0, 0.1) is 12.8 Å². The van der Waals surface area contributed by atoms with Crippen LogP contribution in [0.1, 0.15) is 36.1 Å². The van der Waals surface area contributed by atoms with Gasteiger partial charge in [-0.3, -0.25) is 4.79 Å². The van der Waals surface area contributed by atoms with Crippen LogP contribution in [-0.4, -0.2) is 31.4 Å². The third-order valence-electron chi connectivity index (χ3n) is 4.29. The molecule has 1 saturated heterocycles. The van der Waals surface area contributed by atoms with Crippen molar-refractivity contribution < 1.29 is 13.2 Å². The van der Waals surface area contributed by atoms with Crippen LogP contribution in [0.2, 0.25) is 0 Å². The van der Waals surface area contributed by atoms with Crippen molar-refractivity contribution in [3.63, 3.8) is 0 Å². The lowest BCUT2D eigenvalue weighted by molar-refractivity contribution is -0.123. The molecule has 3 unspecified atom stereocenters. The predicted molar refractivity (Wildman–Crippen MR) is 79.7 cm³/mol. The molecular weight excluding hydrogens is 294 g/mol. The van der Waals surface area contributed by atoms with E-state index >= 15 is 0 Å². The Labute approximate surface area is 123 Å². The minimum Gasteiger partial charge on any atom is -0.350 e.